The Hall–Kier alpha value is -1.63. The molecular formula is C13H12ClFN2O2S. The first kappa shape index (κ1) is 14.8. The second kappa shape index (κ2) is 5.78. The summed E-state index contributed by atoms with van der Waals surface area (Å²) in [4.78, 5) is 0.169. The molecule has 0 aromatic heterocycles. The van der Waals surface area contributed by atoms with E-state index in [1.807, 2.05) is 0 Å². The molecule has 4 nitrogen and oxygen atoms in total. The van der Waals surface area contributed by atoms with Crippen LogP contribution in [0, 0.1) is 5.82 Å². The van der Waals surface area contributed by atoms with E-state index in [2.05, 4.69) is 10.0 Å². The molecular weight excluding hydrogens is 303 g/mol. The van der Waals surface area contributed by atoms with Gasteiger partial charge in [-0.15, -0.1) is 0 Å². The average Bonchev–Trinajstić information content (AvgIpc) is 2.43. The second-order valence-electron chi connectivity index (χ2n) is 3.99. The zero-order valence-electron chi connectivity index (χ0n) is 10.5. The molecule has 0 saturated carbocycles. The Labute approximate surface area is 121 Å². The molecule has 106 valence electrons. The molecule has 2 aromatic rings. The molecule has 0 amide bonds. The summed E-state index contributed by atoms with van der Waals surface area (Å²) in [6.45, 7) is 0. The molecule has 0 unspecified atom stereocenters. The number of hydrogen-bond donors (Lipinski definition) is 2. The molecule has 20 heavy (non-hydrogen) atoms. The van der Waals surface area contributed by atoms with Gasteiger partial charge in [0, 0.05) is 11.4 Å². The van der Waals surface area contributed by atoms with E-state index in [4.69, 9.17) is 11.6 Å². The van der Waals surface area contributed by atoms with Crippen LogP contribution in [0.1, 0.15) is 0 Å². The van der Waals surface area contributed by atoms with Gasteiger partial charge in [0.2, 0.25) is 10.0 Å². The van der Waals surface area contributed by atoms with Gasteiger partial charge >= 0.3 is 0 Å². The molecule has 2 aromatic carbocycles. The molecule has 0 radical (unpaired) electrons. The Morgan fingerprint density at radius 3 is 2.20 bits per heavy atom. The Balaban J connectivity index is 2.21. The molecule has 0 spiro atoms. The number of hydrogen-bond acceptors (Lipinski definition) is 3. The summed E-state index contributed by atoms with van der Waals surface area (Å²) in [5.74, 6) is -0.493. The van der Waals surface area contributed by atoms with Crippen molar-refractivity contribution in [3.05, 3.63) is 53.3 Å². The number of benzene rings is 2. The molecule has 0 bridgehead atoms. The van der Waals surface area contributed by atoms with Crippen LogP contribution in [0.25, 0.3) is 0 Å². The van der Waals surface area contributed by atoms with Gasteiger partial charge in [-0.05, 0) is 49.5 Å². The van der Waals surface area contributed by atoms with Crippen LogP contribution in [0.3, 0.4) is 0 Å². The van der Waals surface area contributed by atoms with E-state index in [0.717, 1.165) is 0 Å². The minimum atomic E-state index is -3.45. The van der Waals surface area contributed by atoms with Gasteiger partial charge in [0.15, 0.2) is 0 Å². The van der Waals surface area contributed by atoms with Gasteiger partial charge in [-0.3, -0.25) is 0 Å². The summed E-state index contributed by atoms with van der Waals surface area (Å²) in [6, 6.07) is 10.4. The Morgan fingerprint density at radius 1 is 1.05 bits per heavy atom. The van der Waals surface area contributed by atoms with E-state index in [1.165, 1.54) is 31.3 Å². The maximum atomic E-state index is 13.0. The van der Waals surface area contributed by atoms with Crippen LogP contribution in [-0.4, -0.2) is 15.5 Å². The van der Waals surface area contributed by atoms with Crippen molar-refractivity contribution < 1.29 is 12.8 Å². The lowest BCUT2D eigenvalue weighted by molar-refractivity contribution is 0.588. The molecule has 0 aliphatic rings. The fourth-order valence-corrected chi connectivity index (χ4v) is 2.49. The van der Waals surface area contributed by atoms with Crippen molar-refractivity contribution in [1.29, 1.82) is 0 Å². The lowest BCUT2D eigenvalue weighted by Gasteiger charge is -2.08. The normalized spacial score (nSPS) is 11.3. The zero-order valence-corrected chi connectivity index (χ0v) is 12.1. The van der Waals surface area contributed by atoms with Crippen LogP contribution >= 0.6 is 11.6 Å². The van der Waals surface area contributed by atoms with E-state index in [-0.39, 0.29) is 9.92 Å². The summed E-state index contributed by atoms with van der Waals surface area (Å²) in [5.41, 5.74) is 1.28. The molecule has 0 heterocycles. The highest BCUT2D eigenvalue weighted by Crippen LogP contribution is 2.23. The Kier molecular flexibility index (Phi) is 4.27. The fourth-order valence-electron chi connectivity index (χ4n) is 1.58. The van der Waals surface area contributed by atoms with Crippen LogP contribution in [0.5, 0.6) is 0 Å². The predicted octanol–water partition coefficient (Wildman–Crippen LogP) is 3.13. The quantitative estimate of drug-likeness (QED) is 0.911. The van der Waals surface area contributed by atoms with Crippen molar-refractivity contribution in [2.45, 2.75) is 4.90 Å². The summed E-state index contributed by atoms with van der Waals surface area (Å²) in [5, 5.41) is 3.02. The van der Waals surface area contributed by atoms with Crippen LogP contribution < -0.4 is 10.0 Å². The maximum absolute atomic E-state index is 13.0. The van der Waals surface area contributed by atoms with E-state index < -0.39 is 15.8 Å². The molecule has 2 N–H and O–H groups in total. The third-order valence-corrected chi connectivity index (χ3v) is 4.36. The summed E-state index contributed by atoms with van der Waals surface area (Å²) in [7, 11) is -2.10. The molecule has 2 rings (SSSR count). The number of rotatable bonds is 4. The van der Waals surface area contributed by atoms with Gasteiger partial charge < -0.3 is 5.32 Å². The van der Waals surface area contributed by atoms with Gasteiger partial charge in [-0.25, -0.2) is 17.5 Å². The number of anilines is 2. The van der Waals surface area contributed by atoms with Crippen molar-refractivity contribution in [3.8, 4) is 0 Å². The van der Waals surface area contributed by atoms with E-state index in [0.29, 0.717) is 11.4 Å². The van der Waals surface area contributed by atoms with E-state index in [9.17, 15) is 12.8 Å². The number of sulfonamides is 1. The SMILES string of the molecule is CNS(=O)(=O)c1ccc(Nc2ccc(F)c(Cl)c2)cc1. The Bertz CT molecular complexity index is 718. The third kappa shape index (κ3) is 3.27. The zero-order chi connectivity index (χ0) is 14.8. The maximum Gasteiger partial charge on any atom is 0.240 e. The van der Waals surface area contributed by atoms with Gasteiger partial charge in [-0.1, -0.05) is 11.6 Å². The topological polar surface area (TPSA) is 58.2 Å². The van der Waals surface area contributed by atoms with Crippen LogP contribution in [-0.2, 0) is 10.0 Å². The van der Waals surface area contributed by atoms with Crippen LogP contribution in [0.2, 0.25) is 5.02 Å². The first-order valence-electron chi connectivity index (χ1n) is 5.68. The highest BCUT2D eigenvalue weighted by molar-refractivity contribution is 7.89. The van der Waals surface area contributed by atoms with Crippen LogP contribution in [0.4, 0.5) is 15.8 Å². The minimum absolute atomic E-state index is 0.0179. The summed E-state index contributed by atoms with van der Waals surface area (Å²) < 4.78 is 38.4. The second-order valence-corrected chi connectivity index (χ2v) is 6.28. The highest BCUT2D eigenvalue weighted by atomic mass is 35.5. The first-order valence-corrected chi connectivity index (χ1v) is 7.54. The molecule has 7 heteroatoms. The Morgan fingerprint density at radius 2 is 1.65 bits per heavy atom. The third-order valence-electron chi connectivity index (χ3n) is 2.64. The van der Waals surface area contributed by atoms with Gasteiger partial charge in [-0.2, -0.15) is 0 Å². The molecule has 0 fully saturated rings. The average molecular weight is 315 g/mol. The standard InChI is InChI=1S/C13H12ClFN2O2S/c1-16-20(18,19)11-5-2-9(3-6-11)17-10-4-7-13(15)12(14)8-10/h2-8,16-17H,1H3. The summed E-state index contributed by atoms with van der Waals surface area (Å²) >= 11 is 5.68. The van der Waals surface area contributed by atoms with E-state index in [1.54, 1.807) is 18.2 Å². The molecule has 0 atom stereocenters. The van der Waals surface area contributed by atoms with Crippen LogP contribution in [0.15, 0.2) is 47.4 Å². The van der Waals surface area contributed by atoms with Gasteiger partial charge in [0.05, 0.1) is 9.92 Å². The minimum Gasteiger partial charge on any atom is -0.355 e. The fraction of sp³-hybridized carbons (Fsp3) is 0.0769. The van der Waals surface area contributed by atoms with E-state index >= 15 is 0 Å². The van der Waals surface area contributed by atoms with Crippen molar-refractivity contribution in [1.82, 2.24) is 4.72 Å². The predicted molar refractivity (Wildman–Crippen MR) is 77.4 cm³/mol. The largest absolute Gasteiger partial charge is 0.355 e. The molecule has 0 aliphatic heterocycles. The van der Waals surface area contributed by atoms with Crippen molar-refractivity contribution in [3.63, 3.8) is 0 Å². The number of halogens is 2. The van der Waals surface area contributed by atoms with Gasteiger partial charge in [0.1, 0.15) is 5.82 Å². The van der Waals surface area contributed by atoms with Crippen molar-refractivity contribution in [2.24, 2.45) is 0 Å². The smallest absolute Gasteiger partial charge is 0.240 e. The molecule has 0 saturated heterocycles. The lowest BCUT2D eigenvalue weighted by Crippen LogP contribution is -2.18. The lowest BCUT2D eigenvalue weighted by atomic mass is 10.2. The van der Waals surface area contributed by atoms with Crippen molar-refractivity contribution in [2.75, 3.05) is 12.4 Å². The number of nitrogens with one attached hydrogen (secondary N) is 2. The first-order chi connectivity index (χ1) is 9.42. The monoisotopic (exact) mass is 314 g/mol. The van der Waals surface area contributed by atoms with Crippen molar-refractivity contribution >= 4 is 33.0 Å². The highest BCUT2D eigenvalue weighted by Gasteiger charge is 2.10. The van der Waals surface area contributed by atoms with Gasteiger partial charge in [0.25, 0.3) is 0 Å². The summed E-state index contributed by atoms with van der Waals surface area (Å²) in [6.07, 6.45) is 0. The molecule has 0 aliphatic carbocycles.